The Bertz CT molecular complexity index is 284. The van der Waals surface area contributed by atoms with Gasteiger partial charge in [-0.2, -0.15) is 0 Å². The molecule has 1 aliphatic heterocycles. The van der Waals surface area contributed by atoms with Gasteiger partial charge < -0.3 is 9.80 Å². The number of carbonyl (C=O) groups is 1. The highest BCUT2D eigenvalue weighted by Crippen LogP contribution is 2.14. The first-order valence-corrected chi connectivity index (χ1v) is 5.86. The van der Waals surface area contributed by atoms with Crippen molar-refractivity contribution in [2.75, 3.05) is 20.1 Å². The molecule has 0 aromatic carbocycles. The highest BCUT2D eigenvalue weighted by atomic mass is 16.2. The molecule has 1 heterocycles. The minimum Gasteiger partial charge on any atom is -0.331 e. The molecule has 0 aromatic rings. The minimum absolute atomic E-state index is 0.117. The summed E-state index contributed by atoms with van der Waals surface area (Å²) >= 11 is 0. The molecule has 2 atom stereocenters. The molecule has 0 N–H and O–H groups in total. The monoisotopic (exact) mass is 222 g/mol. The quantitative estimate of drug-likeness (QED) is 0.524. The summed E-state index contributed by atoms with van der Waals surface area (Å²) < 4.78 is 0. The van der Waals surface area contributed by atoms with E-state index in [2.05, 4.69) is 25.8 Å². The Hall–Kier alpha value is -1.09. The van der Waals surface area contributed by atoms with Gasteiger partial charge in [0.05, 0.1) is 0 Å². The van der Waals surface area contributed by atoms with Gasteiger partial charge in [-0.1, -0.05) is 18.2 Å². The molecule has 0 aromatic heterocycles. The number of nitrogens with zero attached hydrogens (tertiary/aromatic N) is 2. The number of rotatable bonds is 2. The van der Waals surface area contributed by atoms with Gasteiger partial charge in [0.25, 0.3) is 0 Å². The first-order chi connectivity index (χ1) is 7.56. The molecule has 1 aliphatic rings. The van der Waals surface area contributed by atoms with E-state index in [1.807, 2.05) is 24.0 Å². The van der Waals surface area contributed by atoms with Crippen LogP contribution in [0.2, 0.25) is 0 Å². The smallest absolute Gasteiger partial charge is 0.247 e. The van der Waals surface area contributed by atoms with Crippen LogP contribution in [0, 0.1) is 0 Å². The third kappa shape index (κ3) is 3.20. The van der Waals surface area contributed by atoms with Crippen LogP contribution in [0.1, 0.15) is 20.8 Å². The SMILES string of the molecule is CC=CC=CC(=O)N1C(C)CN(C)CC1C. The van der Waals surface area contributed by atoms with Gasteiger partial charge in [0.15, 0.2) is 0 Å². The highest BCUT2D eigenvalue weighted by molar-refractivity contribution is 5.88. The molecule has 3 nitrogen and oxygen atoms in total. The number of hydrogen-bond donors (Lipinski definition) is 0. The van der Waals surface area contributed by atoms with Crippen molar-refractivity contribution in [3.8, 4) is 0 Å². The number of carbonyl (C=O) groups excluding carboxylic acids is 1. The Labute approximate surface area is 98.4 Å². The summed E-state index contributed by atoms with van der Waals surface area (Å²) in [5.41, 5.74) is 0. The van der Waals surface area contributed by atoms with Crippen LogP contribution in [0.5, 0.6) is 0 Å². The molecular weight excluding hydrogens is 200 g/mol. The molecule has 0 spiro atoms. The largest absolute Gasteiger partial charge is 0.331 e. The van der Waals surface area contributed by atoms with Crippen molar-refractivity contribution in [3.05, 3.63) is 24.3 Å². The van der Waals surface area contributed by atoms with Crippen LogP contribution in [-0.4, -0.2) is 47.9 Å². The lowest BCUT2D eigenvalue weighted by molar-refractivity contribution is -0.133. The fourth-order valence-electron chi connectivity index (χ4n) is 2.36. The predicted molar refractivity (Wildman–Crippen MR) is 67.2 cm³/mol. The number of hydrogen-bond acceptors (Lipinski definition) is 2. The fraction of sp³-hybridized carbons (Fsp3) is 0.615. The van der Waals surface area contributed by atoms with Gasteiger partial charge in [0.2, 0.25) is 5.91 Å². The van der Waals surface area contributed by atoms with Crippen LogP contribution in [0.25, 0.3) is 0 Å². The first-order valence-electron chi connectivity index (χ1n) is 5.86. The average Bonchev–Trinajstić information content (AvgIpc) is 2.16. The van der Waals surface area contributed by atoms with Gasteiger partial charge in [-0.25, -0.2) is 0 Å². The van der Waals surface area contributed by atoms with Crippen molar-refractivity contribution in [3.63, 3.8) is 0 Å². The van der Waals surface area contributed by atoms with Gasteiger partial charge in [0, 0.05) is 31.2 Å². The van der Waals surface area contributed by atoms with Crippen LogP contribution in [0.3, 0.4) is 0 Å². The zero-order valence-corrected chi connectivity index (χ0v) is 10.7. The molecule has 3 heteroatoms. The van der Waals surface area contributed by atoms with Crippen LogP contribution in [0.4, 0.5) is 0 Å². The average molecular weight is 222 g/mol. The lowest BCUT2D eigenvalue weighted by Crippen LogP contribution is -2.57. The molecule has 1 fully saturated rings. The van der Waals surface area contributed by atoms with Gasteiger partial charge in [0.1, 0.15) is 0 Å². The minimum atomic E-state index is 0.117. The lowest BCUT2D eigenvalue weighted by Gasteiger charge is -2.42. The van der Waals surface area contributed by atoms with E-state index in [1.54, 1.807) is 12.2 Å². The van der Waals surface area contributed by atoms with Gasteiger partial charge >= 0.3 is 0 Å². The van der Waals surface area contributed by atoms with E-state index in [4.69, 9.17) is 0 Å². The molecular formula is C13H22N2O. The van der Waals surface area contributed by atoms with E-state index < -0.39 is 0 Å². The Balaban J connectivity index is 2.67. The predicted octanol–water partition coefficient (Wildman–Crippen LogP) is 1.67. The van der Waals surface area contributed by atoms with Gasteiger partial charge in [-0.05, 0) is 27.8 Å². The highest BCUT2D eigenvalue weighted by Gasteiger charge is 2.29. The zero-order valence-electron chi connectivity index (χ0n) is 10.7. The third-order valence-corrected chi connectivity index (χ3v) is 2.90. The van der Waals surface area contributed by atoms with E-state index >= 15 is 0 Å². The third-order valence-electron chi connectivity index (χ3n) is 2.90. The summed E-state index contributed by atoms with van der Waals surface area (Å²) in [5.74, 6) is 0.117. The first kappa shape index (κ1) is 13.0. The molecule has 1 rings (SSSR count). The molecule has 1 saturated heterocycles. The van der Waals surface area contributed by atoms with Gasteiger partial charge in [-0.3, -0.25) is 4.79 Å². The van der Waals surface area contributed by atoms with E-state index in [-0.39, 0.29) is 18.0 Å². The van der Waals surface area contributed by atoms with Crippen molar-refractivity contribution >= 4 is 5.91 Å². The molecule has 16 heavy (non-hydrogen) atoms. The lowest BCUT2D eigenvalue weighted by atomic mass is 10.1. The molecule has 1 amide bonds. The van der Waals surface area contributed by atoms with E-state index in [0.717, 1.165) is 13.1 Å². The second-order valence-corrected chi connectivity index (χ2v) is 4.55. The molecule has 0 bridgehead atoms. The summed E-state index contributed by atoms with van der Waals surface area (Å²) in [6.45, 7) is 8.05. The Morgan fingerprint density at radius 3 is 2.25 bits per heavy atom. The molecule has 2 unspecified atom stereocenters. The van der Waals surface area contributed by atoms with Crippen LogP contribution in [0.15, 0.2) is 24.3 Å². The number of likely N-dealkylation sites (N-methyl/N-ethyl adjacent to an activating group) is 1. The summed E-state index contributed by atoms with van der Waals surface area (Å²) in [7, 11) is 2.10. The van der Waals surface area contributed by atoms with Crippen LogP contribution >= 0.6 is 0 Å². The number of piperazine rings is 1. The van der Waals surface area contributed by atoms with E-state index in [1.165, 1.54) is 0 Å². The number of amides is 1. The van der Waals surface area contributed by atoms with Gasteiger partial charge in [-0.15, -0.1) is 0 Å². The maximum Gasteiger partial charge on any atom is 0.247 e. The topological polar surface area (TPSA) is 23.6 Å². The second kappa shape index (κ2) is 5.85. The van der Waals surface area contributed by atoms with Crippen molar-refractivity contribution in [1.82, 2.24) is 9.80 Å². The van der Waals surface area contributed by atoms with E-state index in [9.17, 15) is 4.79 Å². The van der Waals surface area contributed by atoms with Crippen LogP contribution < -0.4 is 0 Å². The normalized spacial score (nSPS) is 28.1. The molecule has 0 aliphatic carbocycles. The maximum atomic E-state index is 12.0. The summed E-state index contributed by atoms with van der Waals surface area (Å²) in [5, 5.41) is 0. The van der Waals surface area contributed by atoms with E-state index in [0.29, 0.717) is 0 Å². The van der Waals surface area contributed by atoms with Crippen molar-refractivity contribution < 1.29 is 4.79 Å². The van der Waals surface area contributed by atoms with Crippen molar-refractivity contribution in [1.29, 1.82) is 0 Å². The maximum absolute atomic E-state index is 12.0. The Kier molecular flexibility index (Phi) is 4.74. The Morgan fingerprint density at radius 1 is 1.19 bits per heavy atom. The standard InChI is InChI=1S/C13H22N2O/c1-5-6-7-8-13(16)15-11(2)9-14(4)10-12(15)3/h5-8,11-12H,9-10H2,1-4H3. The van der Waals surface area contributed by atoms with Crippen molar-refractivity contribution in [2.24, 2.45) is 0 Å². The number of allylic oxidation sites excluding steroid dienone is 3. The van der Waals surface area contributed by atoms with Crippen molar-refractivity contribution in [2.45, 2.75) is 32.9 Å². The summed E-state index contributed by atoms with van der Waals surface area (Å²) in [6, 6.07) is 0.577. The summed E-state index contributed by atoms with van der Waals surface area (Å²) in [6.07, 6.45) is 7.25. The molecule has 90 valence electrons. The molecule has 0 radical (unpaired) electrons. The molecule has 0 saturated carbocycles. The van der Waals surface area contributed by atoms with Crippen LogP contribution in [-0.2, 0) is 4.79 Å². The Morgan fingerprint density at radius 2 is 1.75 bits per heavy atom. The zero-order chi connectivity index (χ0) is 12.1. The fourth-order valence-corrected chi connectivity index (χ4v) is 2.36. The second-order valence-electron chi connectivity index (χ2n) is 4.55. The summed E-state index contributed by atoms with van der Waals surface area (Å²) in [4.78, 5) is 16.2.